The highest BCUT2D eigenvalue weighted by Gasteiger charge is 2.36. The number of rotatable bonds is 5. The molecule has 2 heterocycles. The predicted molar refractivity (Wildman–Crippen MR) is 139 cm³/mol. The molecule has 0 saturated carbocycles. The third-order valence-corrected chi connectivity index (χ3v) is 7.70. The fourth-order valence-electron chi connectivity index (χ4n) is 4.62. The van der Waals surface area contributed by atoms with Crippen molar-refractivity contribution in [2.45, 2.75) is 45.6 Å². The molecule has 174 valence electrons. The van der Waals surface area contributed by atoms with Crippen LogP contribution in [0.25, 0.3) is 6.08 Å². The van der Waals surface area contributed by atoms with Crippen LogP contribution in [0.4, 0.5) is 11.4 Å². The van der Waals surface area contributed by atoms with Gasteiger partial charge in [-0.15, -0.1) is 0 Å². The Morgan fingerprint density at radius 3 is 2.67 bits per heavy atom. The van der Waals surface area contributed by atoms with Crippen molar-refractivity contribution in [1.29, 1.82) is 0 Å². The molecule has 33 heavy (non-hydrogen) atoms. The molecule has 0 aliphatic carbocycles. The van der Waals surface area contributed by atoms with E-state index < -0.39 is 0 Å². The first-order chi connectivity index (χ1) is 15.7. The molecular formula is C27H33N3O2S. The highest BCUT2D eigenvalue weighted by molar-refractivity contribution is 8.18. The van der Waals surface area contributed by atoms with Crippen LogP contribution in [0.15, 0.2) is 52.4 Å². The Morgan fingerprint density at radius 2 is 1.97 bits per heavy atom. The van der Waals surface area contributed by atoms with Gasteiger partial charge >= 0.3 is 0 Å². The zero-order valence-electron chi connectivity index (χ0n) is 20.4. The Kier molecular flexibility index (Phi) is 6.68. The lowest BCUT2D eigenvalue weighted by Gasteiger charge is -2.45. The molecule has 2 aliphatic rings. The molecule has 2 aromatic carbocycles. The standard InChI is InChI=1S/C27H33N3O2S/c1-18-14-23-22(19(2)17-27(3,4)29(23)5)15-20(18)16-24-25(31)30(12-13-32-6)26(33-24)28-21-10-8-7-9-11-21/h7-11,14-16,19H,12-13,17H2,1-6H3/b24-16-,28-26?/t19-/m1/s1. The molecule has 1 atom stereocenters. The SMILES string of the molecule is COCCN1C(=O)/C(=C/c2cc3c(cc2C)N(C)C(C)(C)C[C@H]3C)SC1=Nc1ccccc1. The highest BCUT2D eigenvalue weighted by Crippen LogP contribution is 2.44. The Balaban J connectivity index is 1.71. The Bertz CT molecular complexity index is 1110. The van der Waals surface area contributed by atoms with Gasteiger partial charge in [-0.3, -0.25) is 9.69 Å². The summed E-state index contributed by atoms with van der Waals surface area (Å²) in [4.78, 5) is 22.9. The van der Waals surface area contributed by atoms with Crippen LogP contribution < -0.4 is 4.90 Å². The number of methoxy groups -OCH3 is 1. The second-order valence-electron chi connectivity index (χ2n) is 9.53. The van der Waals surface area contributed by atoms with Crippen LogP contribution in [0.3, 0.4) is 0 Å². The van der Waals surface area contributed by atoms with Gasteiger partial charge in [-0.2, -0.15) is 0 Å². The van der Waals surface area contributed by atoms with Gasteiger partial charge in [0.05, 0.1) is 23.7 Å². The van der Waals surface area contributed by atoms with E-state index in [1.165, 1.54) is 28.6 Å². The number of hydrogen-bond acceptors (Lipinski definition) is 5. The second-order valence-corrected chi connectivity index (χ2v) is 10.5. The highest BCUT2D eigenvalue weighted by atomic mass is 32.2. The number of aryl methyl sites for hydroxylation is 1. The minimum Gasteiger partial charge on any atom is -0.383 e. The first-order valence-corrected chi connectivity index (χ1v) is 12.3. The monoisotopic (exact) mass is 463 g/mol. The summed E-state index contributed by atoms with van der Waals surface area (Å²) in [6.07, 6.45) is 3.13. The van der Waals surface area contributed by atoms with Crippen molar-refractivity contribution in [3.63, 3.8) is 0 Å². The second kappa shape index (κ2) is 9.35. The molecular weight excluding hydrogens is 430 g/mol. The van der Waals surface area contributed by atoms with E-state index >= 15 is 0 Å². The number of thioether (sulfide) groups is 1. The number of hydrogen-bond donors (Lipinski definition) is 0. The number of benzene rings is 2. The molecule has 2 aliphatic heterocycles. The zero-order chi connectivity index (χ0) is 23.8. The van der Waals surface area contributed by atoms with Gasteiger partial charge < -0.3 is 9.64 Å². The molecule has 0 aromatic heterocycles. The predicted octanol–water partition coefficient (Wildman–Crippen LogP) is 5.97. The topological polar surface area (TPSA) is 45.1 Å². The van der Waals surface area contributed by atoms with Crippen LogP contribution in [0.2, 0.25) is 0 Å². The number of carbonyl (C=O) groups excluding carboxylic acids is 1. The molecule has 1 amide bonds. The van der Waals surface area contributed by atoms with Gasteiger partial charge in [0.15, 0.2) is 5.17 Å². The van der Waals surface area contributed by atoms with Crippen molar-refractivity contribution in [1.82, 2.24) is 4.90 Å². The molecule has 0 spiro atoms. The van der Waals surface area contributed by atoms with Gasteiger partial charge in [-0.1, -0.05) is 25.1 Å². The number of amides is 1. The molecule has 1 saturated heterocycles. The van der Waals surface area contributed by atoms with Crippen molar-refractivity contribution in [3.8, 4) is 0 Å². The van der Waals surface area contributed by atoms with E-state index in [4.69, 9.17) is 9.73 Å². The maximum absolute atomic E-state index is 13.3. The third-order valence-electron chi connectivity index (χ3n) is 6.70. The molecule has 5 nitrogen and oxygen atoms in total. The first kappa shape index (κ1) is 23.6. The van der Waals surface area contributed by atoms with Crippen LogP contribution in [0.1, 0.15) is 49.8 Å². The normalized spacial score (nSPS) is 22.4. The van der Waals surface area contributed by atoms with Gasteiger partial charge in [0.2, 0.25) is 0 Å². The fourth-order valence-corrected chi connectivity index (χ4v) is 5.63. The summed E-state index contributed by atoms with van der Waals surface area (Å²) in [5.41, 5.74) is 5.86. The quantitative estimate of drug-likeness (QED) is 0.513. The van der Waals surface area contributed by atoms with E-state index in [0.29, 0.717) is 29.1 Å². The summed E-state index contributed by atoms with van der Waals surface area (Å²) in [7, 11) is 3.83. The van der Waals surface area contributed by atoms with Gasteiger partial charge in [-0.05, 0) is 91.9 Å². The summed E-state index contributed by atoms with van der Waals surface area (Å²) in [6.45, 7) is 9.96. The zero-order valence-corrected chi connectivity index (χ0v) is 21.2. The molecule has 1 fully saturated rings. The largest absolute Gasteiger partial charge is 0.383 e. The average molecular weight is 464 g/mol. The van der Waals surface area contributed by atoms with E-state index in [9.17, 15) is 4.79 Å². The average Bonchev–Trinajstić information content (AvgIpc) is 3.06. The van der Waals surface area contributed by atoms with Crippen LogP contribution in [0.5, 0.6) is 0 Å². The molecule has 0 bridgehead atoms. The van der Waals surface area contributed by atoms with Gasteiger partial charge in [0, 0.05) is 25.4 Å². The Morgan fingerprint density at radius 1 is 1.24 bits per heavy atom. The lowest BCUT2D eigenvalue weighted by atomic mass is 9.79. The number of carbonyl (C=O) groups is 1. The maximum Gasteiger partial charge on any atom is 0.266 e. The third kappa shape index (κ3) is 4.73. The molecule has 0 radical (unpaired) electrons. The number of para-hydroxylation sites is 1. The molecule has 0 unspecified atom stereocenters. The number of aliphatic imine (C=N–C) groups is 1. The first-order valence-electron chi connectivity index (χ1n) is 11.4. The van der Waals surface area contributed by atoms with E-state index in [1.807, 2.05) is 36.4 Å². The molecule has 0 N–H and O–H groups in total. The van der Waals surface area contributed by atoms with Crippen LogP contribution in [-0.4, -0.2) is 48.8 Å². The summed E-state index contributed by atoms with van der Waals surface area (Å²) >= 11 is 1.44. The van der Waals surface area contributed by atoms with Crippen molar-refractivity contribution in [3.05, 3.63) is 64.1 Å². The molecule has 2 aromatic rings. The summed E-state index contributed by atoms with van der Waals surface area (Å²) < 4.78 is 5.24. The van der Waals surface area contributed by atoms with Crippen LogP contribution in [-0.2, 0) is 9.53 Å². The maximum atomic E-state index is 13.3. The van der Waals surface area contributed by atoms with Gasteiger partial charge in [0.1, 0.15) is 0 Å². The van der Waals surface area contributed by atoms with Gasteiger partial charge in [-0.25, -0.2) is 4.99 Å². The minimum absolute atomic E-state index is 0.0184. The summed E-state index contributed by atoms with van der Waals surface area (Å²) in [5.74, 6) is 0.444. The summed E-state index contributed by atoms with van der Waals surface area (Å²) in [5, 5.41) is 0.694. The number of anilines is 1. The van der Waals surface area contributed by atoms with Gasteiger partial charge in [0.25, 0.3) is 5.91 Å². The van der Waals surface area contributed by atoms with Crippen LogP contribution >= 0.6 is 11.8 Å². The molecule has 6 heteroatoms. The van der Waals surface area contributed by atoms with Crippen molar-refractivity contribution in [2.24, 2.45) is 4.99 Å². The number of ether oxygens (including phenoxy) is 1. The number of nitrogens with zero attached hydrogens (tertiary/aromatic N) is 3. The van der Waals surface area contributed by atoms with E-state index in [0.717, 1.165) is 17.7 Å². The lowest BCUT2D eigenvalue weighted by molar-refractivity contribution is -0.122. The van der Waals surface area contributed by atoms with Crippen molar-refractivity contribution in [2.75, 3.05) is 32.2 Å². The lowest BCUT2D eigenvalue weighted by Crippen LogP contribution is -2.45. The number of fused-ring (bicyclic) bond motifs is 1. The Hall–Kier alpha value is -2.57. The van der Waals surface area contributed by atoms with E-state index in [2.05, 4.69) is 51.8 Å². The molecule has 4 rings (SSSR count). The minimum atomic E-state index is -0.0184. The van der Waals surface area contributed by atoms with Crippen molar-refractivity contribution < 1.29 is 9.53 Å². The van der Waals surface area contributed by atoms with Crippen molar-refractivity contribution >= 4 is 40.3 Å². The van der Waals surface area contributed by atoms with E-state index in [1.54, 1.807) is 12.0 Å². The van der Waals surface area contributed by atoms with E-state index in [-0.39, 0.29) is 11.4 Å². The van der Waals surface area contributed by atoms with Crippen LogP contribution in [0, 0.1) is 6.92 Å². The Labute approximate surface area is 201 Å². The fraction of sp³-hybridized carbons (Fsp3) is 0.407. The summed E-state index contributed by atoms with van der Waals surface area (Å²) in [6, 6.07) is 14.3. The number of amidine groups is 1. The smallest absolute Gasteiger partial charge is 0.266 e.